The zero-order valence-corrected chi connectivity index (χ0v) is 12.3. The second kappa shape index (κ2) is 6.78. The molecule has 1 saturated heterocycles. The number of rotatable bonds is 4. The van der Waals surface area contributed by atoms with Crippen molar-refractivity contribution in [3.05, 3.63) is 28.8 Å². The van der Waals surface area contributed by atoms with Gasteiger partial charge in [-0.05, 0) is 12.1 Å². The number of nitrogens with zero attached hydrogens (tertiary/aromatic N) is 1. The molecule has 0 aromatic heterocycles. The molecule has 1 N–H and O–H groups in total. The standard InChI is InChI=1S/C14H16ClNO5/c1-20-12-4-2-3-10(15)9(12)7-13(17)16-5-6-21-8-11(16)14(18)19/h2-4,11H,5-8H2,1H3,(H,18,19). The molecule has 1 atom stereocenters. The lowest BCUT2D eigenvalue weighted by atomic mass is 10.1. The summed E-state index contributed by atoms with van der Waals surface area (Å²) in [6.45, 7) is 0.582. The Morgan fingerprint density at radius 1 is 1.52 bits per heavy atom. The van der Waals surface area contributed by atoms with Gasteiger partial charge >= 0.3 is 5.97 Å². The van der Waals surface area contributed by atoms with Crippen LogP contribution in [0.1, 0.15) is 5.56 Å². The molecule has 0 aliphatic carbocycles. The van der Waals surface area contributed by atoms with Gasteiger partial charge in [0, 0.05) is 17.1 Å². The average Bonchev–Trinajstić information content (AvgIpc) is 2.49. The maximum absolute atomic E-state index is 12.4. The molecule has 1 aromatic carbocycles. The lowest BCUT2D eigenvalue weighted by Gasteiger charge is -2.33. The monoisotopic (exact) mass is 313 g/mol. The first-order valence-corrected chi connectivity index (χ1v) is 6.83. The number of aliphatic carboxylic acids is 1. The van der Waals surface area contributed by atoms with Gasteiger partial charge in [-0.1, -0.05) is 17.7 Å². The first-order chi connectivity index (χ1) is 10.0. The fourth-order valence-corrected chi connectivity index (χ4v) is 2.49. The molecule has 1 aliphatic rings. The molecule has 1 amide bonds. The van der Waals surface area contributed by atoms with Crippen LogP contribution in [-0.2, 0) is 20.7 Å². The summed E-state index contributed by atoms with van der Waals surface area (Å²) in [5.74, 6) is -0.873. The predicted molar refractivity (Wildman–Crippen MR) is 75.7 cm³/mol. The van der Waals surface area contributed by atoms with Crippen LogP contribution in [0.2, 0.25) is 5.02 Å². The van der Waals surface area contributed by atoms with Crippen molar-refractivity contribution >= 4 is 23.5 Å². The van der Waals surface area contributed by atoms with Gasteiger partial charge in [0.25, 0.3) is 0 Å². The predicted octanol–water partition coefficient (Wildman–Crippen LogP) is 1.20. The minimum Gasteiger partial charge on any atom is -0.496 e. The third-order valence-electron chi connectivity index (χ3n) is 3.36. The van der Waals surface area contributed by atoms with E-state index in [1.165, 1.54) is 12.0 Å². The quantitative estimate of drug-likeness (QED) is 0.904. The van der Waals surface area contributed by atoms with E-state index in [0.717, 1.165) is 0 Å². The van der Waals surface area contributed by atoms with E-state index < -0.39 is 12.0 Å². The molecule has 1 aliphatic heterocycles. The van der Waals surface area contributed by atoms with E-state index in [1.807, 2.05) is 0 Å². The number of hydrogen-bond donors (Lipinski definition) is 1. The van der Waals surface area contributed by atoms with Gasteiger partial charge in [0.15, 0.2) is 6.04 Å². The average molecular weight is 314 g/mol. The van der Waals surface area contributed by atoms with Crippen molar-refractivity contribution in [3.63, 3.8) is 0 Å². The Bertz CT molecular complexity index is 548. The van der Waals surface area contributed by atoms with Crippen LogP contribution in [0.3, 0.4) is 0 Å². The summed E-state index contributed by atoms with van der Waals surface area (Å²) in [5.41, 5.74) is 0.558. The molecule has 1 unspecified atom stereocenters. The van der Waals surface area contributed by atoms with Crippen LogP contribution in [0.25, 0.3) is 0 Å². The fraction of sp³-hybridized carbons (Fsp3) is 0.429. The molecule has 1 aromatic rings. The Hall–Kier alpha value is -1.79. The molecule has 0 spiro atoms. The largest absolute Gasteiger partial charge is 0.496 e. The van der Waals surface area contributed by atoms with Crippen molar-refractivity contribution in [2.24, 2.45) is 0 Å². The van der Waals surface area contributed by atoms with Gasteiger partial charge in [0.2, 0.25) is 5.91 Å². The number of amides is 1. The minimum atomic E-state index is -1.07. The Kier molecular flexibility index (Phi) is 5.03. The molecular formula is C14H16ClNO5. The summed E-state index contributed by atoms with van der Waals surface area (Å²) in [6.07, 6.45) is -0.00731. The van der Waals surface area contributed by atoms with Gasteiger partial charge in [0.1, 0.15) is 5.75 Å². The molecule has 2 rings (SSSR count). The summed E-state index contributed by atoms with van der Waals surface area (Å²) in [4.78, 5) is 24.9. The van der Waals surface area contributed by atoms with Crippen molar-refractivity contribution in [1.82, 2.24) is 4.90 Å². The SMILES string of the molecule is COc1cccc(Cl)c1CC(=O)N1CCOCC1C(=O)O. The van der Waals surface area contributed by atoms with Crippen molar-refractivity contribution < 1.29 is 24.2 Å². The number of ether oxygens (including phenoxy) is 2. The molecule has 0 radical (unpaired) electrons. The van der Waals surface area contributed by atoms with E-state index in [-0.39, 0.29) is 25.5 Å². The highest BCUT2D eigenvalue weighted by Gasteiger charge is 2.33. The van der Waals surface area contributed by atoms with Crippen LogP contribution in [0, 0.1) is 0 Å². The van der Waals surface area contributed by atoms with E-state index in [4.69, 9.17) is 26.2 Å². The van der Waals surface area contributed by atoms with Gasteiger partial charge in [-0.25, -0.2) is 4.79 Å². The van der Waals surface area contributed by atoms with Gasteiger partial charge in [-0.15, -0.1) is 0 Å². The third kappa shape index (κ3) is 3.46. The van der Waals surface area contributed by atoms with Crippen LogP contribution in [0.15, 0.2) is 18.2 Å². The number of carboxylic acid groups (broad SMARTS) is 1. The Balaban J connectivity index is 2.19. The number of carboxylic acids is 1. The van der Waals surface area contributed by atoms with Crippen molar-refractivity contribution in [2.45, 2.75) is 12.5 Å². The molecule has 21 heavy (non-hydrogen) atoms. The number of morpholine rings is 1. The highest BCUT2D eigenvalue weighted by molar-refractivity contribution is 6.31. The zero-order valence-electron chi connectivity index (χ0n) is 11.5. The van der Waals surface area contributed by atoms with E-state index in [0.29, 0.717) is 22.9 Å². The highest BCUT2D eigenvalue weighted by Crippen LogP contribution is 2.27. The van der Waals surface area contributed by atoms with Crippen LogP contribution >= 0.6 is 11.6 Å². The van der Waals surface area contributed by atoms with Crippen molar-refractivity contribution in [2.75, 3.05) is 26.9 Å². The van der Waals surface area contributed by atoms with Crippen molar-refractivity contribution in [3.8, 4) is 5.75 Å². The maximum atomic E-state index is 12.4. The number of methoxy groups -OCH3 is 1. The lowest BCUT2D eigenvalue weighted by molar-refractivity contribution is -0.158. The molecule has 0 bridgehead atoms. The van der Waals surface area contributed by atoms with Crippen LogP contribution in [0.4, 0.5) is 0 Å². The Labute approximate surface area is 127 Å². The summed E-state index contributed by atoms with van der Waals surface area (Å²) >= 11 is 6.10. The first-order valence-electron chi connectivity index (χ1n) is 6.46. The molecule has 1 heterocycles. The minimum absolute atomic E-state index is 0.000724. The van der Waals surface area contributed by atoms with Gasteiger partial charge < -0.3 is 19.5 Å². The Morgan fingerprint density at radius 2 is 2.29 bits per heavy atom. The Morgan fingerprint density at radius 3 is 2.95 bits per heavy atom. The fourth-order valence-electron chi connectivity index (χ4n) is 2.26. The number of benzene rings is 1. The highest BCUT2D eigenvalue weighted by atomic mass is 35.5. The van der Waals surface area contributed by atoms with Crippen molar-refractivity contribution in [1.29, 1.82) is 0 Å². The van der Waals surface area contributed by atoms with E-state index in [2.05, 4.69) is 0 Å². The third-order valence-corrected chi connectivity index (χ3v) is 3.71. The topological polar surface area (TPSA) is 76.1 Å². The first kappa shape index (κ1) is 15.6. The number of hydrogen-bond acceptors (Lipinski definition) is 4. The molecule has 7 heteroatoms. The smallest absolute Gasteiger partial charge is 0.328 e. The molecule has 1 fully saturated rings. The summed E-state index contributed by atoms with van der Waals surface area (Å²) in [5, 5.41) is 9.57. The second-order valence-electron chi connectivity index (χ2n) is 4.61. The van der Waals surface area contributed by atoms with Crippen LogP contribution in [-0.4, -0.2) is 54.8 Å². The number of carbonyl (C=O) groups excluding carboxylic acids is 1. The maximum Gasteiger partial charge on any atom is 0.328 e. The number of halogens is 1. The summed E-state index contributed by atoms with van der Waals surface area (Å²) < 4.78 is 10.3. The summed E-state index contributed by atoms with van der Waals surface area (Å²) in [7, 11) is 1.49. The summed E-state index contributed by atoms with van der Waals surface area (Å²) in [6, 6.07) is 4.15. The number of carbonyl (C=O) groups is 2. The van der Waals surface area contributed by atoms with E-state index >= 15 is 0 Å². The van der Waals surface area contributed by atoms with E-state index in [1.54, 1.807) is 18.2 Å². The molecular weight excluding hydrogens is 298 g/mol. The lowest BCUT2D eigenvalue weighted by Crippen LogP contribution is -2.53. The van der Waals surface area contributed by atoms with Crippen LogP contribution in [0.5, 0.6) is 5.75 Å². The zero-order chi connectivity index (χ0) is 15.4. The second-order valence-corrected chi connectivity index (χ2v) is 5.02. The van der Waals surface area contributed by atoms with Gasteiger partial charge in [0.05, 0.1) is 26.7 Å². The molecule has 114 valence electrons. The molecule has 6 nitrogen and oxygen atoms in total. The molecule has 0 saturated carbocycles. The normalized spacial score (nSPS) is 18.4. The van der Waals surface area contributed by atoms with E-state index in [9.17, 15) is 9.59 Å². The van der Waals surface area contributed by atoms with Gasteiger partial charge in [-0.3, -0.25) is 4.79 Å². The van der Waals surface area contributed by atoms with Gasteiger partial charge in [-0.2, -0.15) is 0 Å². The van der Waals surface area contributed by atoms with Crippen LogP contribution < -0.4 is 4.74 Å².